The Kier molecular flexibility index (Phi) is 11.2. The number of carbonyl (C=O) groups is 1. The highest BCUT2D eigenvalue weighted by Gasteiger charge is 2.34. The number of carbonyl (C=O) groups excluding carboxylic acids is 1. The van der Waals surface area contributed by atoms with Crippen LogP contribution in [0, 0.1) is 0 Å². The van der Waals surface area contributed by atoms with Crippen molar-refractivity contribution >= 4 is 16.3 Å². The lowest BCUT2D eigenvalue weighted by atomic mass is 10.1. The molecule has 0 N–H and O–H groups in total. The van der Waals surface area contributed by atoms with Crippen LogP contribution in [-0.2, 0) is 8.98 Å². The van der Waals surface area contributed by atoms with Crippen molar-refractivity contribution in [1.82, 2.24) is 0 Å². The van der Waals surface area contributed by atoms with Crippen molar-refractivity contribution < 1.29 is 13.7 Å². The predicted octanol–water partition coefficient (Wildman–Crippen LogP) is 9.36. The lowest BCUT2D eigenvalue weighted by Gasteiger charge is -2.39. The highest BCUT2D eigenvalue weighted by Crippen LogP contribution is 2.69. The number of hydrogen-bond acceptors (Lipinski definition) is 3. The Morgan fingerprint density at radius 3 is 1.57 bits per heavy atom. The number of hydrogen-bond donors (Lipinski definition) is 0. The van der Waals surface area contributed by atoms with E-state index < -0.39 is 10.3 Å². The summed E-state index contributed by atoms with van der Waals surface area (Å²) in [6.45, 7) is 4.47. The molecule has 0 amide bonds. The van der Waals surface area contributed by atoms with Gasteiger partial charge >= 0.3 is 5.97 Å². The van der Waals surface area contributed by atoms with Gasteiger partial charge in [-0.1, -0.05) is 94.7 Å². The monoisotopic (exact) mass is 492 g/mol. The van der Waals surface area contributed by atoms with E-state index in [-0.39, 0.29) is 5.97 Å². The molecule has 0 aliphatic carbocycles. The molecule has 0 spiro atoms. The molecule has 0 atom stereocenters. The van der Waals surface area contributed by atoms with Gasteiger partial charge in [-0.3, -0.25) is 4.79 Å². The summed E-state index contributed by atoms with van der Waals surface area (Å²) in [6, 6.07) is 28.2. The molecule has 0 unspecified atom stereocenters. The van der Waals surface area contributed by atoms with Crippen LogP contribution in [0.25, 0.3) is 0 Å². The molecule has 0 heterocycles. The van der Waals surface area contributed by atoms with E-state index in [0.29, 0.717) is 0 Å². The quantitative estimate of drug-likeness (QED) is 0.198. The topological polar surface area (TPSA) is 35.5 Å². The zero-order chi connectivity index (χ0) is 24.8. The second-order valence-electron chi connectivity index (χ2n) is 8.91. The summed E-state index contributed by atoms with van der Waals surface area (Å²) in [5.74, 6) is 0.559. The number of rotatable bonds is 15. The second kappa shape index (κ2) is 14.6. The van der Waals surface area contributed by atoms with Crippen molar-refractivity contribution in [1.29, 1.82) is 0 Å². The number of benzene rings is 3. The maximum Gasteiger partial charge on any atom is 0.313 e. The predicted molar refractivity (Wildman–Crippen MR) is 146 cm³/mol. The van der Waals surface area contributed by atoms with E-state index >= 15 is 0 Å². The Bertz CT molecular complexity index is 947. The average Bonchev–Trinajstić information content (AvgIpc) is 2.90. The Labute approximate surface area is 213 Å². The molecule has 0 saturated heterocycles. The summed E-state index contributed by atoms with van der Waals surface area (Å²) in [4.78, 5) is 15.3. The summed E-state index contributed by atoms with van der Waals surface area (Å²) in [6.07, 6.45) is 11.7. The Balaban J connectivity index is 1.66. The van der Waals surface area contributed by atoms with E-state index in [0.717, 1.165) is 33.5 Å². The molecule has 4 heteroatoms. The van der Waals surface area contributed by atoms with E-state index in [4.69, 9.17) is 8.92 Å². The first-order valence-electron chi connectivity index (χ1n) is 13.0. The maximum atomic E-state index is 12.3. The van der Waals surface area contributed by atoms with Crippen LogP contribution in [0.4, 0.5) is 0 Å². The van der Waals surface area contributed by atoms with Crippen LogP contribution in [0.15, 0.2) is 99.6 Å². The van der Waals surface area contributed by atoms with Gasteiger partial charge in [0.05, 0.1) is 6.61 Å². The van der Waals surface area contributed by atoms with Crippen molar-refractivity contribution in [2.24, 2.45) is 0 Å². The van der Waals surface area contributed by atoms with Gasteiger partial charge in [-0.25, -0.2) is 0 Å². The molecule has 188 valence electrons. The van der Waals surface area contributed by atoms with Gasteiger partial charge < -0.3 is 8.92 Å². The van der Waals surface area contributed by atoms with Gasteiger partial charge in [0.25, 0.3) is 0 Å². The van der Waals surface area contributed by atoms with Crippen molar-refractivity contribution in [2.75, 3.05) is 6.61 Å². The molecular formula is C31H40O3S. The first-order chi connectivity index (χ1) is 17.2. The fourth-order valence-electron chi connectivity index (χ4n) is 4.28. The third kappa shape index (κ3) is 7.90. The van der Waals surface area contributed by atoms with E-state index in [1.807, 2.05) is 84.9 Å². The van der Waals surface area contributed by atoms with Gasteiger partial charge in [-0.15, -0.1) is 0 Å². The Hall–Kier alpha value is -2.72. The van der Waals surface area contributed by atoms with Crippen molar-refractivity contribution in [3.63, 3.8) is 0 Å². The van der Waals surface area contributed by atoms with Crippen LogP contribution in [0.2, 0.25) is 0 Å². The zero-order valence-electron chi connectivity index (χ0n) is 21.3. The summed E-state index contributed by atoms with van der Waals surface area (Å²) in [5, 5.41) is 0. The molecule has 0 aliphatic heterocycles. The summed E-state index contributed by atoms with van der Waals surface area (Å²) >= 11 is 0. The van der Waals surface area contributed by atoms with Gasteiger partial charge in [-0.05, 0) is 65.3 Å². The lowest BCUT2D eigenvalue weighted by molar-refractivity contribution is -0.131. The summed E-state index contributed by atoms with van der Waals surface area (Å²) in [5.41, 5.74) is 0. The standard InChI is InChI=1S/C31H40O3S/c1-3-4-5-6-7-8-9-10-17-26-33-28-22-24-31(25-23-28)35(34-27(2)32,29-18-13-11-14-19-29)30-20-15-12-16-21-30/h11-16,18-25H,3-10,17,26H2,1-2H3. The number of unbranched alkanes of at least 4 members (excludes halogenated alkanes) is 8. The van der Waals surface area contributed by atoms with Crippen molar-refractivity contribution in [3.8, 4) is 5.75 Å². The first-order valence-corrected chi connectivity index (χ1v) is 14.6. The minimum atomic E-state index is -2.20. The second-order valence-corrected chi connectivity index (χ2v) is 11.6. The fraction of sp³-hybridized carbons (Fsp3) is 0.387. The van der Waals surface area contributed by atoms with E-state index in [2.05, 4.69) is 6.92 Å². The van der Waals surface area contributed by atoms with Crippen LogP contribution in [-0.4, -0.2) is 12.6 Å². The van der Waals surface area contributed by atoms with E-state index in [1.54, 1.807) is 0 Å². The fourth-order valence-corrected chi connectivity index (χ4v) is 7.34. The van der Waals surface area contributed by atoms with Gasteiger partial charge in [-0.2, -0.15) is 0 Å². The third-order valence-corrected chi connectivity index (χ3v) is 9.36. The Morgan fingerprint density at radius 2 is 1.09 bits per heavy atom. The molecule has 0 bridgehead atoms. The molecule has 0 saturated carbocycles. The van der Waals surface area contributed by atoms with Crippen LogP contribution < -0.4 is 4.74 Å². The van der Waals surface area contributed by atoms with Gasteiger partial charge in [0, 0.05) is 21.6 Å². The molecule has 3 nitrogen and oxygen atoms in total. The van der Waals surface area contributed by atoms with Gasteiger partial charge in [0.15, 0.2) is 0 Å². The molecule has 3 rings (SSSR count). The molecule has 3 aromatic rings. The molecule has 0 radical (unpaired) electrons. The maximum absolute atomic E-state index is 12.3. The average molecular weight is 493 g/mol. The van der Waals surface area contributed by atoms with Gasteiger partial charge in [0.2, 0.25) is 0 Å². The number of ether oxygens (including phenoxy) is 1. The van der Waals surface area contributed by atoms with Crippen LogP contribution in [0.3, 0.4) is 0 Å². The highest BCUT2D eigenvalue weighted by molar-refractivity contribution is 8.30. The zero-order valence-corrected chi connectivity index (χ0v) is 22.1. The Morgan fingerprint density at radius 1 is 0.629 bits per heavy atom. The molecule has 0 aliphatic rings. The van der Waals surface area contributed by atoms with Gasteiger partial charge in [0.1, 0.15) is 5.75 Å². The smallest absolute Gasteiger partial charge is 0.313 e. The normalized spacial score (nSPS) is 11.7. The minimum Gasteiger partial charge on any atom is -0.494 e. The first kappa shape index (κ1) is 26.9. The third-order valence-electron chi connectivity index (χ3n) is 6.06. The molecule has 0 aromatic heterocycles. The SMILES string of the molecule is CCCCCCCCCCCOc1ccc(S(OC(C)=O)(c2ccccc2)c2ccccc2)cc1. The van der Waals surface area contributed by atoms with Crippen LogP contribution in [0.1, 0.15) is 71.6 Å². The molecular weight excluding hydrogens is 452 g/mol. The van der Waals surface area contributed by atoms with E-state index in [1.165, 1.54) is 58.3 Å². The van der Waals surface area contributed by atoms with Crippen molar-refractivity contribution in [3.05, 3.63) is 84.9 Å². The molecule has 3 aromatic carbocycles. The summed E-state index contributed by atoms with van der Waals surface area (Å²) < 4.78 is 12.2. The van der Waals surface area contributed by atoms with Crippen molar-refractivity contribution in [2.45, 2.75) is 86.3 Å². The minimum absolute atomic E-state index is 0.293. The molecule has 0 fully saturated rings. The van der Waals surface area contributed by atoms with Crippen LogP contribution in [0.5, 0.6) is 5.75 Å². The molecule has 35 heavy (non-hydrogen) atoms. The highest BCUT2D eigenvalue weighted by atomic mass is 32.3. The largest absolute Gasteiger partial charge is 0.494 e. The van der Waals surface area contributed by atoms with E-state index in [9.17, 15) is 4.79 Å². The van der Waals surface area contributed by atoms with Crippen LogP contribution >= 0.6 is 10.3 Å². The summed E-state index contributed by atoms with van der Waals surface area (Å²) in [7, 11) is -2.20. The lowest BCUT2D eigenvalue weighted by Crippen LogP contribution is -2.11.